The van der Waals surface area contributed by atoms with E-state index in [-0.39, 0.29) is 23.8 Å². The molecule has 0 spiro atoms. The van der Waals surface area contributed by atoms with E-state index in [1.54, 1.807) is 27.7 Å². The molecule has 2 saturated heterocycles. The van der Waals surface area contributed by atoms with E-state index in [1.807, 2.05) is 0 Å². The minimum Gasteiger partial charge on any atom is -0.465 e. The van der Waals surface area contributed by atoms with Crippen molar-refractivity contribution in [1.29, 1.82) is 0 Å². The molecule has 2 aliphatic heterocycles. The van der Waals surface area contributed by atoms with Crippen molar-refractivity contribution < 1.29 is 29.3 Å². The van der Waals surface area contributed by atoms with E-state index >= 15 is 0 Å². The average molecular weight is 288 g/mol. The number of cyclic esters (lactones) is 2. The summed E-state index contributed by atoms with van der Waals surface area (Å²) in [6, 6.07) is 0. The van der Waals surface area contributed by atoms with Crippen molar-refractivity contribution in [2.24, 2.45) is 11.8 Å². The molecule has 2 heterocycles. The van der Waals surface area contributed by atoms with Gasteiger partial charge in [0, 0.05) is 12.8 Å². The highest BCUT2D eigenvalue weighted by Crippen LogP contribution is 2.26. The highest BCUT2D eigenvalue weighted by Gasteiger charge is 2.39. The third-order valence-corrected chi connectivity index (χ3v) is 4.28. The number of carbonyl (C=O) groups excluding carboxylic acids is 2. The minimum atomic E-state index is -0.866. The lowest BCUT2D eigenvalue weighted by atomic mass is 9.86. The molecular weight excluding hydrogens is 264 g/mol. The Labute approximate surface area is 119 Å². The van der Waals surface area contributed by atoms with Crippen LogP contribution in [0.3, 0.4) is 0 Å². The van der Waals surface area contributed by atoms with Crippen LogP contribution in [-0.2, 0) is 19.1 Å². The monoisotopic (exact) mass is 288 g/mol. The molecule has 4 atom stereocenters. The Morgan fingerprint density at radius 1 is 0.900 bits per heavy atom. The number of ether oxygens (including phenoxy) is 2. The fourth-order valence-corrected chi connectivity index (χ4v) is 1.91. The average Bonchev–Trinajstić information content (AvgIpc) is 2.34. The van der Waals surface area contributed by atoms with Crippen LogP contribution in [0, 0.1) is 11.8 Å². The van der Waals surface area contributed by atoms with Crippen LogP contribution in [0.2, 0.25) is 0 Å². The predicted molar refractivity (Wildman–Crippen MR) is 70.7 cm³/mol. The first-order valence-electron chi connectivity index (χ1n) is 6.86. The Morgan fingerprint density at radius 3 is 1.40 bits per heavy atom. The molecule has 2 fully saturated rings. The molecule has 0 aromatic rings. The minimum absolute atomic E-state index is 0.295. The molecular formula is C14H24O6. The van der Waals surface area contributed by atoms with Crippen LogP contribution in [-0.4, -0.2) is 46.6 Å². The van der Waals surface area contributed by atoms with Gasteiger partial charge in [-0.3, -0.25) is 9.59 Å². The van der Waals surface area contributed by atoms with Gasteiger partial charge in [0.2, 0.25) is 0 Å². The Kier molecular flexibility index (Phi) is 5.15. The topological polar surface area (TPSA) is 93.1 Å². The van der Waals surface area contributed by atoms with Crippen LogP contribution in [0.15, 0.2) is 0 Å². The number of aliphatic hydroxyl groups is 2. The van der Waals surface area contributed by atoms with Gasteiger partial charge in [0.1, 0.15) is 0 Å². The fraction of sp³-hybridized carbons (Fsp3) is 0.857. The summed E-state index contributed by atoms with van der Waals surface area (Å²) in [6.07, 6.45) is 1.08. The van der Waals surface area contributed by atoms with Gasteiger partial charge in [-0.1, -0.05) is 0 Å². The second-order valence-corrected chi connectivity index (χ2v) is 5.99. The van der Waals surface area contributed by atoms with Crippen LogP contribution in [0.25, 0.3) is 0 Å². The molecule has 0 unspecified atom stereocenters. The highest BCUT2D eigenvalue weighted by molar-refractivity contribution is 5.74. The summed E-state index contributed by atoms with van der Waals surface area (Å²) in [5.74, 6) is -1.37. The number of hydrogen-bond acceptors (Lipinski definition) is 6. The Morgan fingerprint density at radius 2 is 1.20 bits per heavy atom. The summed E-state index contributed by atoms with van der Waals surface area (Å²) in [7, 11) is 0. The quantitative estimate of drug-likeness (QED) is 0.635. The number of hydrogen-bond donors (Lipinski definition) is 2. The van der Waals surface area contributed by atoms with Gasteiger partial charge in [-0.25, -0.2) is 0 Å². The summed E-state index contributed by atoms with van der Waals surface area (Å²) in [5, 5.41) is 19.0. The van der Waals surface area contributed by atoms with Crippen LogP contribution in [0.5, 0.6) is 0 Å². The van der Waals surface area contributed by atoms with Crippen molar-refractivity contribution in [2.45, 2.75) is 51.7 Å². The molecule has 0 bridgehead atoms. The molecule has 6 nitrogen and oxygen atoms in total. The van der Waals surface area contributed by atoms with E-state index in [9.17, 15) is 19.8 Å². The van der Waals surface area contributed by atoms with Gasteiger partial charge < -0.3 is 19.7 Å². The summed E-state index contributed by atoms with van der Waals surface area (Å²) < 4.78 is 9.45. The maximum absolute atomic E-state index is 10.8. The normalized spacial score (nSPS) is 41.1. The SMILES string of the molecule is C[C@H]1C(=O)OCC[C@@]1(C)O.C[C@H]1C(=O)OCC[C@]1(C)O. The molecule has 2 N–H and O–H groups in total. The van der Waals surface area contributed by atoms with Crippen LogP contribution in [0.1, 0.15) is 40.5 Å². The van der Waals surface area contributed by atoms with Crippen molar-refractivity contribution in [3.8, 4) is 0 Å². The van der Waals surface area contributed by atoms with E-state index in [4.69, 9.17) is 9.47 Å². The summed E-state index contributed by atoms with van der Waals surface area (Å²) in [4.78, 5) is 21.7. The number of carbonyl (C=O) groups is 2. The molecule has 0 aromatic carbocycles. The third kappa shape index (κ3) is 3.93. The second-order valence-electron chi connectivity index (χ2n) is 5.99. The largest absolute Gasteiger partial charge is 0.465 e. The first-order valence-corrected chi connectivity index (χ1v) is 6.86. The molecule has 0 radical (unpaired) electrons. The van der Waals surface area contributed by atoms with E-state index < -0.39 is 11.2 Å². The van der Waals surface area contributed by atoms with E-state index in [0.29, 0.717) is 26.1 Å². The molecule has 0 amide bonds. The van der Waals surface area contributed by atoms with Crippen molar-refractivity contribution >= 4 is 11.9 Å². The summed E-state index contributed by atoms with van der Waals surface area (Å²) in [5.41, 5.74) is -1.73. The predicted octanol–water partition coefficient (Wildman–Crippen LogP) is 0.641. The lowest BCUT2D eigenvalue weighted by Gasteiger charge is -2.32. The maximum atomic E-state index is 10.8. The smallest absolute Gasteiger partial charge is 0.311 e. The maximum Gasteiger partial charge on any atom is 0.311 e. The highest BCUT2D eigenvalue weighted by atomic mass is 16.5. The van der Waals surface area contributed by atoms with Crippen LogP contribution in [0.4, 0.5) is 0 Å². The third-order valence-electron chi connectivity index (χ3n) is 4.28. The van der Waals surface area contributed by atoms with Crippen molar-refractivity contribution in [2.75, 3.05) is 13.2 Å². The van der Waals surface area contributed by atoms with E-state index in [2.05, 4.69) is 0 Å². The van der Waals surface area contributed by atoms with Gasteiger partial charge in [-0.05, 0) is 27.7 Å². The van der Waals surface area contributed by atoms with Gasteiger partial charge in [-0.2, -0.15) is 0 Å². The van der Waals surface area contributed by atoms with Crippen LogP contribution >= 0.6 is 0 Å². The zero-order chi connectivity index (χ0) is 15.6. The molecule has 2 aliphatic rings. The molecule has 0 aliphatic carbocycles. The van der Waals surface area contributed by atoms with Gasteiger partial charge in [0.25, 0.3) is 0 Å². The molecule has 116 valence electrons. The van der Waals surface area contributed by atoms with Crippen LogP contribution < -0.4 is 0 Å². The number of esters is 2. The lowest BCUT2D eigenvalue weighted by Crippen LogP contribution is -2.44. The first kappa shape index (κ1) is 16.9. The number of rotatable bonds is 0. The molecule has 6 heteroatoms. The Balaban J connectivity index is 0.000000200. The Hall–Kier alpha value is -1.14. The zero-order valence-corrected chi connectivity index (χ0v) is 12.5. The molecule has 20 heavy (non-hydrogen) atoms. The van der Waals surface area contributed by atoms with E-state index in [1.165, 1.54) is 0 Å². The van der Waals surface area contributed by atoms with Gasteiger partial charge in [0.05, 0.1) is 36.3 Å². The second kappa shape index (κ2) is 6.10. The lowest BCUT2D eigenvalue weighted by molar-refractivity contribution is -0.170. The van der Waals surface area contributed by atoms with Gasteiger partial charge in [0.15, 0.2) is 0 Å². The van der Waals surface area contributed by atoms with Crippen molar-refractivity contribution in [3.05, 3.63) is 0 Å². The standard InChI is InChI=1S/2C7H12O3/c2*1-5-6(8)10-4-3-7(5,2)9/h2*5,9H,3-4H2,1-2H3/t5-,7+;5-,7-/m00/s1. The summed E-state index contributed by atoms with van der Waals surface area (Å²) >= 11 is 0. The molecule has 0 saturated carbocycles. The van der Waals surface area contributed by atoms with Gasteiger partial charge >= 0.3 is 11.9 Å². The van der Waals surface area contributed by atoms with Crippen molar-refractivity contribution in [1.82, 2.24) is 0 Å². The van der Waals surface area contributed by atoms with Crippen molar-refractivity contribution in [3.63, 3.8) is 0 Å². The first-order chi connectivity index (χ1) is 9.08. The fourth-order valence-electron chi connectivity index (χ4n) is 1.91. The van der Waals surface area contributed by atoms with Gasteiger partial charge in [-0.15, -0.1) is 0 Å². The summed E-state index contributed by atoms with van der Waals surface area (Å²) in [6.45, 7) is 7.38. The van der Waals surface area contributed by atoms with E-state index in [0.717, 1.165) is 0 Å². The molecule has 2 rings (SSSR count). The molecule has 0 aromatic heterocycles. The Bertz CT molecular complexity index is 338. The zero-order valence-electron chi connectivity index (χ0n) is 12.5.